The lowest BCUT2D eigenvalue weighted by Crippen LogP contribution is -2.11. The summed E-state index contributed by atoms with van der Waals surface area (Å²) < 4.78 is 0. The van der Waals surface area contributed by atoms with Gasteiger partial charge in [-0.2, -0.15) is 0 Å². The summed E-state index contributed by atoms with van der Waals surface area (Å²) >= 11 is 0. The molecule has 80 valence electrons. The normalized spacial score (nSPS) is 14.7. The first-order valence-corrected chi connectivity index (χ1v) is 5.65. The largest absolute Gasteiger partial charge is 0.370 e. The molecule has 1 amide bonds. The minimum atomic E-state index is -0.215. The lowest BCUT2D eigenvalue weighted by molar-refractivity contribution is -0.117. The van der Waals surface area contributed by atoms with Crippen LogP contribution in [0.5, 0.6) is 0 Å². The van der Waals surface area contributed by atoms with Gasteiger partial charge in [-0.25, -0.2) is 0 Å². The zero-order chi connectivity index (χ0) is 10.7. The lowest BCUT2D eigenvalue weighted by atomic mass is 9.90. The van der Waals surface area contributed by atoms with Crippen LogP contribution in [-0.4, -0.2) is 5.91 Å². The predicted molar refractivity (Wildman–Crippen MR) is 60.6 cm³/mol. The van der Waals surface area contributed by atoms with Gasteiger partial charge in [0, 0.05) is 6.42 Å². The second kappa shape index (κ2) is 4.47. The summed E-state index contributed by atoms with van der Waals surface area (Å²) in [6.07, 6.45) is 6.26. The number of nitrogens with two attached hydrogens (primary N) is 1. The van der Waals surface area contributed by atoms with Crippen LogP contribution in [0.25, 0.3) is 0 Å². The van der Waals surface area contributed by atoms with Gasteiger partial charge in [0.2, 0.25) is 5.91 Å². The summed E-state index contributed by atoms with van der Waals surface area (Å²) in [5, 5.41) is 0. The molecule has 0 spiro atoms. The van der Waals surface area contributed by atoms with Crippen LogP contribution in [0.3, 0.4) is 0 Å². The van der Waals surface area contributed by atoms with Crippen LogP contribution < -0.4 is 5.73 Å². The van der Waals surface area contributed by atoms with E-state index in [4.69, 9.17) is 5.73 Å². The van der Waals surface area contributed by atoms with Gasteiger partial charge >= 0.3 is 0 Å². The fourth-order valence-corrected chi connectivity index (χ4v) is 2.21. The first-order valence-electron chi connectivity index (χ1n) is 5.65. The Bertz CT molecular complexity index is 371. The van der Waals surface area contributed by atoms with E-state index in [0.717, 1.165) is 6.42 Å². The Hall–Kier alpha value is -1.31. The Morgan fingerprint density at radius 1 is 1.20 bits per heavy atom. The molecule has 2 rings (SSSR count). The van der Waals surface area contributed by atoms with Gasteiger partial charge in [0.15, 0.2) is 0 Å². The monoisotopic (exact) mass is 203 g/mol. The third-order valence-corrected chi connectivity index (χ3v) is 3.07. The highest BCUT2D eigenvalue weighted by Gasteiger charge is 2.09. The number of hydrogen-bond acceptors (Lipinski definition) is 1. The number of carbonyl (C=O) groups is 1. The van der Waals surface area contributed by atoms with E-state index in [1.165, 1.54) is 42.4 Å². The van der Waals surface area contributed by atoms with E-state index in [1.54, 1.807) is 0 Å². The molecular weight excluding hydrogens is 186 g/mol. The van der Waals surface area contributed by atoms with Crippen molar-refractivity contribution in [1.29, 1.82) is 0 Å². The highest BCUT2D eigenvalue weighted by molar-refractivity contribution is 5.74. The van der Waals surface area contributed by atoms with Crippen LogP contribution in [0, 0.1) is 0 Å². The Balaban J connectivity index is 2.10. The highest BCUT2D eigenvalue weighted by Crippen LogP contribution is 2.22. The first-order chi connectivity index (χ1) is 7.25. The van der Waals surface area contributed by atoms with Crippen molar-refractivity contribution in [2.75, 3.05) is 0 Å². The van der Waals surface area contributed by atoms with Gasteiger partial charge in [-0.05, 0) is 48.8 Å². The third kappa shape index (κ3) is 2.58. The maximum Gasteiger partial charge on any atom is 0.217 e. The summed E-state index contributed by atoms with van der Waals surface area (Å²) in [6.45, 7) is 0. The molecule has 1 aliphatic rings. The number of aryl methyl sites for hydroxylation is 3. The Labute approximate surface area is 90.5 Å². The van der Waals surface area contributed by atoms with Gasteiger partial charge in [-0.15, -0.1) is 0 Å². The standard InChI is InChI=1S/C13H17NO/c14-13(15)8-6-10-5-7-11-3-1-2-4-12(11)9-10/h5,7,9H,1-4,6,8H2,(H2,14,15). The number of hydrogen-bond donors (Lipinski definition) is 1. The molecule has 0 bridgehead atoms. The molecular formula is C13H17NO. The molecule has 0 saturated carbocycles. The van der Waals surface area contributed by atoms with E-state index >= 15 is 0 Å². The molecule has 0 saturated heterocycles. The predicted octanol–water partition coefficient (Wildman–Crippen LogP) is 1.98. The third-order valence-electron chi connectivity index (χ3n) is 3.07. The number of fused-ring (bicyclic) bond motifs is 1. The molecule has 0 fully saturated rings. The molecule has 2 heteroatoms. The van der Waals surface area contributed by atoms with E-state index in [9.17, 15) is 4.79 Å². The smallest absolute Gasteiger partial charge is 0.217 e. The molecule has 1 aromatic rings. The van der Waals surface area contributed by atoms with Crippen molar-refractivity contribution < 1.29 is 4.79 Å². The second-order valence-corrected chi connectivity index (χ2v) is 4.28. The summed E-state index contributed by atoms with van der Waals surface area (Å²) in [5.41, 5.74) is 9.35. The minimum Gasteiger partial charge on any atom is -0.370 e. The number of benzene rings is 1. The van der Waals surface area contributed by atoms with Crippen molar-refractivity contribution in [2.24, 2.45) is 5.73 Å². The molecule has 0 atom stereocenters. The van der Waals surface area contributed by atoms with Crippen LogP contribution >= 0.6 is 0 Å². The average Bonchev–Trinajstić information content (AvgIpc) is 2.26. The molecule has 2 N–H and O–H groups in total. The molecule has 0 heterocycles. The van der Waals surface area contributed by atoms with E-state index in [1.807, 2.05) is 0 Å². The van der Waals surface area contributed by atoms with Gasteiger partial charge in [-0.1, -0.05) is 18.2 Å². The molecule has 2 nitrogen and oxygen atoms in total. The van der Waals surface area contributed by atoms with E-state index in [2.05, 4.69) is 18.2 Å². The zero-order valence-corrected chi connectivity index (χ0v) is 8.96. The number of rotatable bonds is 3. The highest BCUT2D eigenvalue weighted by atomic mass is 16.1. The molecule has 15 heavy (non-hydrogen) atoms. The van der Waals surface area contributed by atoms with Gasteiger partial charge in [0.05, 0.1) is 0 Å². The SMILES string of the molecule is NC(=O)CCc1ccc2c(c1)CCCC2. The van der Waals surface area contributed by atoms with Crippen LogP contribution in [0.4, 0.5) is 0 Å². The maximum absolute atomic E-state index is 10.7. The fraction of sp³-hybridized carbons (Fsp3) is 0.462. The van der Waals surface area contributed by atoms with Crippen molar-refractivity contribution in [3.63, 3.8) is 0 Å². The molecule has 1 aliphatic carbocycles. The first kappa shape index (κ1) is 10.2. The fourth-order valence-electron chi connectivity index (χ4n) is 2.21. The number of amides is 1. The van der Waals surface area contributed by atoms with Crippen molar-refractivity contribution in [2.45, 2.75) is 38.5 Å². The zero-order valence-electron chi connectivity index (χ0n) is 8.96. The number of primary amides is 1. The van der Waals surface area contributed by atoms with E-state index < -0.39 is 0 Å². The van der Waals surface area contributed by atoms with Crippen LogP contribution in [0.15, 0.2) is 18.2 Å². The second-order valence-electron chi connectivity index (χ2n) is 4.28. The van der Waals surface area contributed by atoms with Gasteiger partial charge < -0.3 is 5.73 Å². The number of carbonyl (C=O) groups excluding carboxylic acids is 1. The van der Waals surface area contributed by atoms with Gasteiger partial charge in [0.25, 0.3) is 0 Å². The Morgan fingerprint density at radius 2 is 1.93 bits per heavy atom. The van der Waals surface area contributed by atoms with Crippen LogP contribution in [0.2, 0.25) is 0 Å². The lowest BCUT2D eigenvalue weighted by Gasteiger charge is -2.16. The van der Waals surface area contributed by atoms with Gasteiger partial charge in [-0.3, -0.25) is 4.79 Å². The van der Waals surface area contributed by atoms with Gasteiger partial charge in [0.1, 0.15) is 0 Å². The minimum absolute atomic E-state index is 0.215. The maximum atomic E-state index is 10.7. The molecule has 1 aromatic carbocycles. The van der Waals surface area contributed by atoms with E-state index in [0.29, 0.717) is 6.42 Å². The van der Waals surface area contributed by atoms with Crippen molar-refractivity contribution >= 4 is 5.91 Å². The Morgan fingerprint density at radius 3 is 2.67 bits per heavy atom. The van der Waals surface area contributed by atoms with Crippen molar-refractivity contribution in [3.05, 3.63) is 34.9 Å². The average molecular weight is 203 g/mol. The molecule has 0 aliphatic heterocycles. The molecule has 0 aromatic heterocycles. The molecule has 0 radical (unpaired) electrons. The topological polar surface area (TPSA) is 43.1 Å². The summed E-state index contributed by atoms with van der Waals surface area (Å²) in [4.78, 5) is 10.7. The molecule has 0 unspecified atom stereocenters. The summed E-state index contributed by atoms with van der Waals surface area (Å²) in [5.74, 6) is -0.215. The quantitative estimate of drug-likeness (QED) is 0.802. The van der Waals surface area contributed by atoms with Crippen molar-refractivity contribution in [3.8, 4) is 0 Å². The van der Waals surface area contributed by atoms with Crippen LogP contribution in [0.1, 0.15) is 36.0 Å². The summed E-state index contributed by atoms with van der Waals surface area (Å²) in [7, 11) is 0. The Kier molecular flexibility index (Phi) is 3.05. The van der Waals surface area contributed by atoms with Crippen molar-refractivity contribution in [1.82, 2.24) is 0 Å². The summed E-state index contributed by atoms with van der Waals surface area (Å²) in [6, 6.07) is 6.59. The van der Waals surface area contributed by atoms with E-state index in [-0.39, 0.29) is 5.91 Å². The van der Waals surface area contributed by atoms with Crippen LogP contribution in [-0.2, 0) is 24.1 Å².